The molecule has 4 aromatic rings. The zero-order valence-corrected chi connectivity index (χ0v) is 24.2. The van der Waals surface area contributed by atoms with Crippen molar-refractivity contribution < 1.29 is 18.8 Å². The maximum Gasteiger partial charge on any atom is 0.407 e. The normalized spacial score (nSPS) is 13.7. The van der Waals surface area contributed by atoms with Crippen LogP contribution in [-0.2, 0) is 14.0 Å². The fourth-order valence-corrected chi connectivity index (χ4v) is 10.5. The fraction of sp³-hybridized carbons (Fsp3) is 0.235. The van der Waals surface area contributed by atoms with Crippen LogP contribution in [0.25, 0.3) is 11.1 Å². The second kappa shape index (κ2) is 11.6. The van der Waals surface area contributed by atoms with E-state index in [4.69, 9.17) is 9.16 Å². The van der Waals surface area contributed by atoms with E-state index in [-0.39, 0.29) is 24.2 Å². The van der Waals surface area contributed by atoms with Gasteiger partial charge >= 0.3 is 6.09 Å². The standard InChI is InChI=1S/C34H35NO4Si/c1-34(2,3)40(26-14-6-4-7-15-26,27-16-8-5-9-17-27)39-23-25(22-36)35-33(37)38-24-32-30-20-12-10-18-28(30)29-19-11-13-21-31(29)32/h4-22,25,32H,23-24H2,1-3H3,(H,35,37). The summed E-state index contributed by atoms with van der Waals surface area (Å²) in [4.78, 5) is 25.1. The summed E-state index contributed by atoms with van der Waals surface area (Å²) in [5, 5.41) is 4.71. The average Bonchev–Trinajstić information content (AvgIpc) is 3.30. The smallest absolute Gasteiger partial charge is 0.407 e. The van der Waals surface area contributed by atoms with Crippen LogP contribution >= 0.6 is 0 Å². The van der Waals surface area contributed by atoms with Gasteiger partial charge in [-0.1, -0.05) is 130 Å². The molecule has 0 saturated heterocycles. The van der Waals surface area contributed by atoms with Crippen LogP contribution in [0.1, 0.15) is 37.8 Å². The predicted molar refractivity (Wildman–Crippen MR) is 162 cm³/mol. The molecule has 204 valence electrons. The second-order valence-corrected chi connectivity index (χ2v) is 15.5. The van der Waals surface area contributed by atoms with Gasteiger partial charge in [0.2, 0.25) is 0 Å². The third-order valence-electron chi connectivity index (χ3n) is 7.71. The van der Waals surface area contributed by atoms with Crippen LogP contribution in [0.15, 0.2) is 109 Å². The molecule has 0 bridgehead atoms. The van der Waals surface area contributed by atoms with E-state index in [0.717, 1.165) is 38.9 Å². The Labute approximate surface area is 237 Å². The lowest BCUT2D eigenvalue weighted by atomic mass is 9.98. The molecule has 4 aromatic carbocycles. The molecule has 5 rings (SSSR count). The number of hydrogen-bond donors (Lipinski definition) is 1. The summed E-state index contributed by atoms with van der Waals surface area (Å²) in [5.74, 6) is -0.0545. The van der Waals surface area contributed by atoms with Gasteiger partial charge in [-0.25, -0.2) is 4.79 Å². The number of carbonyl (C=O) groups is 2. The first kappa shape index (κ1) is 27.6. The zero-order valence-electron chi connectivity index (χ0n) is 23.2. The van der Waals surface area contributed by atoms with Crippen LogP contribution < -0.4 is 15.7 Å². The molecule has 1 N–H and O–H groups in total. The highest BCUT2D eigenvalue weighted by molar-refractivity contribution is 6.99. The maximum atomic E-state index is 12.9. The van der Waals surface area contributed by atoms with Gasteiger partial charge in [-0.3, -0.25) is 0 Å². The van der Waals surface area contributed by atoms with Gasteiger partial charge < -0.3 is 19.3 Å². The van der Waals surface area contributed by atoms with Crippen molar-refractivity contribution in [3.05, 3.63) is 120 Å². The van der Waals surface area contributed by atoms with Crippen molar-refractivity contribution in [2.45, 2.75) is 37.8 Å². The Morgan fingerprint density at radius 2 is 1.27 bits per heavy atom. The van der Waals surface area contributed by atoms with E-state index in [1.807, 2.05) is 60.7 Å². The van der Waals surface area contributed by atoms with Crippen molar-refractivity contribution >= 4 is 31.1 Å². The van der Waals surface area contributed by atoms with Crippen molar-refractivity contribution in [1.82, 2.24) is 5.32 Å². The van der Waals surface area contributed by atoms with Crippen LogP contribution in [0.4, 0.5) is 4.79 Å². The number of alkyl carbamates (subject to hydrolysis) is 1. The molecule has 1 aliphatic rings. The van der Waals surface area contributed by atoms with Gasteiger partial charge in [0.25, 0.3) is 8.32 Å². The first-order valence-electron chi connectivity index (χ1n) is 13.7. The second-order valence-electron chi connectivity index (χ2n) is 11.2. The Bertz CT molecular complexity index is 1380. The Kier molecular flexibility index (Phi) is 8.01. The van der Waals surface area contributed by atoms with E-state index in [1.54, 1.807) is 0 Å². The molecule has 5 nitrogen and oxygen atoms in total. The summed E-state index contributed by atoms with van der Waals surface area (Å²) in [5.41, 5.74) is 4.60. The van der Waals surface area contributed by atoms with Gasteiger partial charge in [0.1, 0.15) is 18.9 Å². The highest BCUT2D eigenvalue weighted by Crippen LogP contribution is 2.44. The SMILES string of the molecule is CC(C)(C)[Si](OCC(C=O)NC(=O)OCC1c2ccccc2-c2ccccc21)(c1ccccc1)c1ccccc1. The van der Waals surface area contributed by atoms with E-state index < -0.39 is 20.5 Å². The summed E-state index contributed by atoms with van der Waals surface area (Å²) in [6, 6.07) is 36.0. The maximum absolute atomic E-state index is 12.9. The number of hydrogen-bond acceptors (Lipinski definition) is 4. The summed E-state index contributed by atoms with van der Waals surface area (Å²) >= 11 is 0. The molecule has 6 heteroatoms. The van der Waals surface area contributed by atoms with Gasteiger partial charge in [-0.2, -0.15) is 0 Å². The van der Waals surface area contributed by atoms with Crippen LogP contribution in [-0.4, -0.2) is 40.0 Å². The van der Waals surface area contributed by atoms with Gasteiger partial charge in [0.05, 0.1) is 6.61 Å². The monoisotopic (exact) mass is 549 g/mol. The molecular weight excluding hydrogens is 514 g/mol. The summed E-state index contributed by atoms with van der Waals surface area (Å²) in [7, 11) is -2.85. The van der Waals surface area contributed by atoms with E-state index in [0.29, 0.717) is 0 Å². The van der Waals surface area contributed by atoms with Crippen molar-refractivity contribution in [3.8, 4) is 11.1 Å². The molecule has 1 atom stereocenters. The zero-order chi connectivity index (χ0) is 28.2. The number of aldehydes is 1. The first-order valence-corrected chi connectivity index (χ1v) is 15.6. The van der Waals surface area contributed by atoms with E-state index in [2.05, 4.69) is 74.6 Å². The lowest BCUT2D eigenvalue weighted by molar-refractivity contribution is -0.110. The molecule has 0 spiro atoms. The van der Waals surface area contributed by atoms with Gasteiger partial charge in [0, 0.05) is 5.92 Å². The highest BCUT2D eigenvalue weighted by atomic mass is 28.4. The quantitative estimate of drug-likeness (QED) is 0.216. The van der Waals surface area contributed by atoms with E-state index in [9.17, 15) is 9.59 Å². The number of amides is 1. The van der Waals surface area contributed by atoms with Crippen molar-refractivity contribution in [1.29, 1.82) is 0 Å². The number of carbonyl (C=O) groups excluding carboxylic acids is 2. The van der Waals surface area contributed by atoms with Crippen molar-refractivity contribution in [2.24, 2.45) is 0 Å². The molecular formula is C34H35NO4Si. The molecule has 1 aliphatic carbocycles. The Balaban J connectivity index is 1.31. The van der Waals surface area contributed by atoms with Crippen LogP contribution in [0.5, 0.6) is 0 Å². The third kappa shape index (κ3) is 5.25. The Morgan fingerprint density at radius 1 is 0.800 bits per heavy atom. The largest absolute Gasteiger partial charge is 0.449 e. The van der Waals surface area contributed by atoms with Gasteiger partial charge in [0.15, 0.2) is 0 Å². The van der Waals surface area contributed by atoms with Crippen LogP contribution in [0.2, 0.25) is 5.04 Å². The number of fused-ring (bicyclic) bond motifs is 3. The lowest BCUT2D eigenvalue weighted by Crippen LogP contribution is -2.67. The molecule has 0 aliphatic heterocycles. The number of benzene rings is 4. The number of rotatable bonds is 9. The van der Waals surface area contributed by atoms with Crippen LogP contribution in [0.3, 0.4) is 0 Å². The first-order chi connectivity index (χ1) is 19.3. The number of nitrogens with one attached hydrogen (secondary N) is 1. The van der Waals surface area contributed by atoms with E-state index >= 15 is 0 Å². The molecule has 1 amide bonds. The minimum Gasteiger partial charge on any atom is -0.449 e. The minimum atomic E-state index is -2.85. The molecule has 0 fully saturated rings. The predicted octanol–water partition coefficient (Wildman–Crippen LogP) is 5.67. The molecule has 40 heavy (non-hydrogen) atoms. The van der Waals surface area contributed by atoms with Crippen molar-refractivity contribution in [3.63, 3.8) is 0 Å². The average molecular weight is 550 g/mol. The highest BCUT2D eigenvalue weighted by Gasteiger charge is 2.50. The Hall–Kier alpha value is -4.00. The molecule has 1 unspecified atom stereocenters. The third-order valence-corrected chi connectivity index (χ3v) is 12.7. The molecule has 0 heterocycles. The lowest BCUT2D eigenvalue weighted by Gasteiger charge is -2.43. The molecule has 0 aromatic heterocycles. The summed E-state index contributed by atoms with van der Waals surface area (Å²) in [6.45, 7) is 6.75. The topological polar surface area (TPSA) is 64.6 Å². The summed E-state index contributed by atoms with van der Waals surface area (Å²) < 4.78 is 12.5. The van der Waals surface area contributed by atoms with Crippen LogP contribution in [0, 0.1) is 0 Å². The summed E-state index contributed by atoms with van der Waals surface area (Å²) in [6.07, 6.45) is 0.0872. The van der Waals surface area contributed by atoms with Gasteiger partial charge in [-0.15, -0.1) is 0 Å². The van der Waals surface area contributed by atoms with Gasteiger partial charge in [-0.05, 0) is 37.7 Å². The molecule has 0 saturated carbocycles. The van der Waals surface area contributed by atoms with Crippen molar-refractivity contribution in [2.75, 3.05) is 13.2 Å². The minimum absolute atomic E-state index is 0.0426. The fourth-order valence-electron chi connectivity index (χ4n) is 5.88. The van der Waals surface area contributed by atoms with E-state index in [1.165, 1.54) is 0 Å². The molecule has 0 radical (unpaired) electrons. The Morgan fingerprint density at radius 3 is 1.75 bits per heavy atom. The number of ether oxygens (including phenoxy) is 1.